The van der Waals surface area contributed by atoms with Crippen LogP contribution in [0, 0.1) is 0 Å². The molecule has 1 N–H and O–H groups in total. The highest BCUT2D eigenvalue weighted by molar-refractivity contribution is 7.91. The number of halogens is 2. The average molecular weight is 293 g/mol. The molecule has 0 unspecified atom stereocenters. The molecule has 7 heteroatoms. The van der Waals surface area contributed by atoms with Crippen LogP contribution in [0.1, 0.15) is 6.92 Å². The van der Waals surface area contributed by atoms with Crippen LogP contribution in [0.5, 0.6) is 0 Å². The molecule has 108 valence electrons. The Kier molecular flexibility index (Phi) is 5.68. The summed E-state index contributed by atoms with van der Waals surface area (Å²) in [5.74, 6) is -0.0102. The molecular weight excluding hydrogens is 276 g/mol. The lowest BCUT2D eigenvalue weighted by atomic mass is 10.3. The number of aliphatic hydroxyl groups excluding tert-OH is 1. The van der Waals surface area contributed by atoms with Crippen LogP contribution in [0.4, 0.5) is 14.5 Å². The first-order chi connectivity index (χ1) is 8.90. The zero-order valence-electron chi connectivity index (χ0n) is 10.6. The normalized spacial score (nSPS) is 11.8. The molecule has 1 aromatic rings. The fraction of sp³-hybridized carbons (Fsp3) is 0.500. The van der Waals surface area contributed by atoms with Gasteiger partial charge in [-0.15, -0.1) is 0 Å². The summed E-state index contributed by atoms with van der Waals surface area (Å²) in [7, 11) is -3.29. The summed E-state index contributed by atoms with van der Waals surface area (Å²) in [4.78, 5) is 1.48. The van der Waals surface area contributed by atoms with Gasteiger partial charge in [-0.05, 0) is 24.3 Å². The minimum Gasteiger partial charge on any atom is -0.395 e. The topological polar surface area (TPSA) is 57.6 Å². The molecule has 0 aliphatic carbocycles. The Morgan fingerprint density at radius 2 is 1.84 bits per heavy atom. The summed E-state index contributed by atoms with van der Waals surface area (Å²) in [5.41, 5.74) is 0.462. The molecule has 0 heterocycles. The molecule has 1 rings (SSSR count). The van der Waals surface area contributed by atoms with Gasteiger partial charge in [0, 0.05) is 12.2 Å². The second kappa shape index (κ2) is 6.81. The molecular formula is C12H17F2NO3S. The number of hydrogen-bond donors (Lipinski definition) is 1. The quantitative estimate of drug-likeness (QED) is 0.828. The van der Waals surface area contributed by atoms with Gasteiger partial charge in [0.05, 0.1) is 23.8 Å². The predicted molar refractivity (Wildman–Crippen MR) is 69.5 cm³/mol. The first kappa shape index (κ1) is 15.8. The molecule has 0 aromatic heterocycles. The van der Waals surface area contributed by atoms with Crippen molar-refractivity contribution < 1.29 is 22.3 Å². The van der Waals surface area contributed by atoms with E-state index in [1.807, 2.05) is 0 Å². The number of benzene rings is 1. The van der Waals surface area contributed by atoms with Gasteiger partial charge in [-0.1, -0.05) is 6.92 Å². The highest BCUT2D eigenvalue weighted by atomic mass is 32.2. The van der Waals surface area contributed by atoms with Crippen molar-refractivity contribution in [1.29, 1.82) is 0 Å². The molecule has 1 aromatic carbocycles. The van der Waals surface area contributed by atoms with Crippen LogP contribution in [-0.2, 0) is 9.84 Å². The van der Waals surface area contributed by atoms with Crippen molar-refractivity contribution in [1.82, 2.24) is 0 Å². The first-order valence-corrected chi connectivity index (χ1v) is 7.52. The molecule has 0 amide bonds. The average Bonchev–Trinajstić information content (AvgIpc) is 2.38. The summed E-state index contributed by atoms with van der Waals surface area (Å²) in [6.45, 7) is 0.866. The number of sulfone groups is 1. The van der Waals surface area contributed by atoms with Crippen molar-refractivity contribution in [2.24, 2.45) is 0 Å². The highest BCUT2D eigenvalue weighted by Gasteiger charge is 2.15. The largest absolute Gasteiger partial charge is 0.395 e. The summed E-state index contributed by atoms with van der Waals surface area (Å²) in [5, 5.41) is 8.85. The van der Waals surface area contributed by atoms with E-state index in [4.69, 9.17) is 5.11 Å². The molecule has 0 aliphatic rings. The Morgan fingerprint density at radius 1 is 1.26 bits per heavy atom. The smallest absolute Gasteiger partial charge is 0.255 e. The zero-order valence-corrected chi connectivity index (χ0v) is 11.4. The highest BCUT2D eigenvalue weighted by Crippen LogP contribution is 2.19. The Bertz CT molecular complexity index is 488. The van der Waals surface area contributed by atoms with Gasteiger partial charge in [0.2, 0.25) is 0 Å². The number of rotatable bonds is 7. The van der Waals surface area contributed by atoms with Gasteiger partial charge in [-0.2, -0.15) is 0 Å². The summed E-state index contributed by atoms with van der Waals surface area (Å²) >= 11 is 0. The molecule has 0 aliphatic heterocycles. The van der Waals surface area contributed by atoms with E-state index in [2.05, 4.69) is 0 Å². The predicted octanol–water partition coefficient (Wildman–Crippen LogP) is 1.54. The van der Waals surface area contributed by atoms with Gasteiger partial charge in [0.15, 0.2) is 9.84 Å². The number of nitrogens with zero attached hydrogens (tertiary/aromatic N) is 1. The van der Waals surface area contributed by atoms with Crippen LogP contribution in [0.2, 0.25) is 0 Å². The number of anilines is 1. The van der Waals surface area contributed by atoms with Crippen molar-refractivity contribution >= 4 is 15.5 Å². The Morgan fingerprint density at radius 3 is 2.26 bits per heavy atom. The first-order valence-electron chi connectivity index (χ1n) is 5.87. The molecule has 19 heavy (non-hydrogen) atoms. The van der Waals surface area contributed by atoms with E-state index in [1.165, 1.54) is 36.1 Å². The summed E-state index contributed by atoms with van der Waals surface area (Å²) < 4.78 is 48.0. The lowest BCUT2D eigenvalue weighted by Crippen LogP contribution is -2.31. The van der Waals surface area contributed by atoms with E-state index in [9.17, 15) is 17.2 Å². The minimum absolute atomic E-state index is 0.0102. The van der Waals surface area contributed by atoms with Crippen molar-refractivity contribution in [3.63, 3.8) is 0 Å². The van der Waals surface area contributed by atoms with E-state index in [0.29, 0.717) is 5.69 Å². The van der Waals surface area contributed by atoms with Crippen LogP contribution >= 0.6 is 0 Å². The van der Waals surface area contributed by atoms with Crippen molar-refractivity contribution in [2.45, 2.75) is 18.2 Å². The maximum absolute atomic E-state index is 12.4. The molecule has 0 saturated heterocycles. The SMILES string of the molecule is CCS(=O)(=O)c1ccc(N(CCO)CC(F)F)cc1. The molecule has 0 fully saturated rings. The van der Waals surface area contributed by atoms with E-state index in [-0.39, 0.29) is 23.8 Å². The van der Waals surface area contributed by atoms with Gasteiger partial charge in [-0.3, -0.25) is 0 Å². The fourth-order valence-corrected chi connectivity index (χ4v) is 2.53. The number of hydrogen-bond acceptors (Lipinski definition) is 4. The Hall–Kier alpha value is -1.21. The van der Waals surface area contributed by atoms with E-state index >= 15 is 0 Å². The van der Waals surface area contributed by atoms with Gasteiger partial charge in [0.1, 0.15) is 0 Å². The van der Waals surface area contributed by atoms with E-state index < -0.39 is 22.8 Å². The second-order valence-corrected chi connectivity index (χ2v) is 6.24. The monoisotopic (exact) mass is 293 g/mol. The second-order valence-electron chi connectivity index (χ2n) is 3.96. The molecule has 4 nitrogen and oxygen atoms in total. The maximum atomic E-state index is 12.4. The molecule has 0 saturated carbocycles. The zero-order chi connectivity index (χ0) is 14.5. The van der Waals surface area contributed by atoms with E-state index in [1.54, 1.807) is 0 Å². The third-order valence-electron chi connectivity index (χ3n) is 2.67. The lowest BCUT2D eigenvalue weighted by molar-refractivity contribution is 0.153. The van der Waals surface area contributed by atoms with Crippen molar-refractivity contribution in [2.75, 3.05) is 30.3 Å². The van der Waals surface area contributed by atoms with Crippen LogP contribution < -0.4 is 4.90 Å². The molecule has 0 atom stereocenters. The Labute approximate surface area is 111 Å². The van der Waals surface area contributed by atoms with Crippen LogP contribution in [0.25, 0.3) is 0 Å². The van der Waals surface area contributed by atoms with Gasteiger partial charge in [-0.25, -0.2) is 17.2 Å². The molecule has 0 radical (unpaired) electrons. The summed E-state index contributed by atoms with van der Waals surface area (Å²) in [6, 6.07) is 5.73. The van der Waals surface area contributed by atoms with Gasteiger partial charge < -0.3 is 10.0 Å². The Balaban J connectivity index is 2.95. The fourth-order valence-electron chi connectivity index (χ4n) is 1.64. The molecule has 0 spiro atoms. The third-order valence-corrected chi connectivity index (χ3v) is 4.42. The standard InChI is InChI=1S/C12H17F2NO3S/c1-2-19(17,18)11-5-3-10(4-6-11)15(7-8-16)9-12(13)14/h3-6,12,16H,2,7-9H2,1H3. The number of aliphatic hydroxyl groups is 1. The number of alkyl halides is 2. The van der Waals surface area contributed by atoms with Crippen molar-refractivity contribution in [3.05, 3.63) is 24.3 Å². The van der Waals surface area contributed by atoms with Crippen LogP contribution in [0.15, 0.2) is 29.2 Å². The van der Waals surface area contributed by atoms with Crippen molar-refractivity contribution in [3.8, 4) is 0 Å². The molecule has 0 bridgehead atoms. The van der Waals surface area contributed by atoms with Crippen LogP contribution in [0.3, 0.4) is 0 Å². The van der Waals surface area contributed by atoms with Gasteiger partial charge >= 0.3 is 0 Å². The van der Waals surface area contributed by atoms with E-state index in [0.717, 1.165) is 0 Å². The van der Waals surface area contributed by atoms with Gasteiger partial charge in [0.25, 0.3) is 6.43 Å². The lowest BCUT2D eigenvalue weighted by Gasteiger charge is -2.23. The van der Waals surface area contributed by atoms with Crippen LogP contribution in [-0.4, -0.2) is 45.4 Å². The third kappa shape index (κ3) is 4.43. The summed E-state index contributed by atoms with van der Waals surface area (Å²) in [6.07, 6.45) is -2.52. The minimum atomic E-state index is -3.29. The maximum Gasteiger partial charge on any atom is 0.255 e.